The van der Waals surface area contributed by atoms with Crippen LogP contribution in [-0.2, 0) is 19.1 Å². The number of unbranched alkanes of at least 4 members (excludes halogenated alkanes) is 29. The molecule has 0 aliphatic carbocycles. The minimum absolute atomic E-state index is 0.112. The van der Waals surface area contributed by atoms with Crippen LogP contribution in [-0.4, -0.2) is 36.4 Å². The molecule has 284 valence electrons. The molecule has 5 nitrogen and oxygen atoms in total. The molecule has 0 spiro atoms. The van der Waals surface area contributed by atoms with Gasteiger partial charge in [0, 0.05) is 12.8 Å². The molecule has 1 atom stereocenters. The maximum Gasteiger partial charge on any atom is 0.305 e. The highest BCUT2D eigenvalue weighted by molar-refractivity contribution is 5.69. The lowest BCUT2D eigenvalue weighted by molar-refractivity contribution is -0.152. The molecule has 0 aromatic carbocycles. The smallest absolute Gasteiger partial charge is 0.305 e. The van der Waals surface area contributed by atoms with Crippen molar-refractivity contribution in [3.63, 3.8) is 0 Å². The van der Waals surface area contributed by atoms with Gasteiger partial charge in [0.1, 0.15) is 19.3 Å². The van der Waals surface area contributed by atoms with Gasteiger partial charge >= 0.3 is 11.9 Å². The van der Waals surface area contributed by atoms with Gasteiger partial charge in [0.2, 0.25) is 0 Å². The van der Waals surface area contributed by atoms with Crippen molar-refractivity contribution in [3.05, 3.63) is 12.2 Å². The molecule has 0 aromatic rings. The van der Waals surface area contributed by atoms with E-state index in [2.05, 4.69) is 26.0 Å². The number of carbonyl (C=O) groups excluding carboxylic acids is 2. The Bertz CT molecular complexity index is 691. The number of aliphatic hydroxyl groups is 1. The molecule has 0 saturated heterocycles. The summed E-state index contributed by atoms with van der Waals surface area (Å²) in [5.74, 6) is -0.562. The molecule has 48 heavy (non-hydrogen) atoms. The minimum Gasteiger partial charge on any atom is -0.463 e. The van der Waals surface area contributed by atoms with E-state index in [-0.39, 0.29) is 25.2 Å². The monoisotopic (exact) mass is 679 g/mol. The summed E-state index contributed by atoms with van der Waals surface area (Å²) >= 11 is 0. The molecule has 0 aromatic heterocycles. The molecule has 0 heterocycles. The van der Waals surface area contributed by atoms with Gasteiger partial charge in [-0.2, -0.15) is 0 Å². The van der Waals surface area contributed by atoms with E-state index in [0.717, 1.165) is 38.5 Å². The Morgan fingerprint density at radius 3 is 0.958 bits per heavy atom. The molecule has 0 radical (unpaired) electrons. The Hall–Kier alpha value is -1.36. The molecule has 0 aliphatic heterocycles. The Labute approximate surface area is 299 Å². The zero-order valence-electron chi connectivity index (χ0n) is 32.3. The number of ether oxygens (including phenoxy) is 2. The van der Waals surface area contributed by atoms with E-state index < -0.39 is 6.10 Å². The third kappa shape index (κ3) is 39.1. The molecule has 5 heteroatoms. The summed E-state index contributed by atoms with van der Waals surface area (Å²) in [7, 11) is 0. The van der Waals surface area contributed by atoms with Crippen LogP contribution in [0.5, 0.6) is 0 Å². The van der Waals surface area contributed by atoms with Crippen LogP contribution in [0.2, 0.25) is 0 Å². The number of aliphatic hydroxyl groups excluding tert-OH is 1. The quantitative estimate of drug-likeness (QED) is 0.0398. The summed E-state index contributed by atoms with van der Waals surface area (Å²) in [5, 5.41) is 10.0. The Balaban J connectivity index is 3.38. The van der Waals surface area contributed by atoms with Gasteiger partial charge in [-0.05, 0) is 38.5 Å². The number of hydrogen-bond donors (Lipinski definition) is 1. The number of esters is 2. The predicted molar refractivity (Wildman–Crippen MR) is 205 cm³/mol. The number of carbonyl (C=O) groups is 2. The van der Waals surface area contributed by atoms with Crippen LogP contribution in [0.25, 0.3) is 0 Å². The molecule has 1 N–H and O–H groups in total. The van der Waals surface area contributed by atoms with Crippen molar-refractivity contribution in [2.75, 3.05) is 13.2 Å². The normalized spacial score (nSPS) is 12.1. The first-order valence-corrected chi connectivity index (χ1v) is 21.2. The zero-order valence-corrected chi connectivity index (χ0v) is 32.3. The maximum absolute atomic E-state index is 12.0. The maximum atomic E-state index is 12.0. The first-order chi connectivity index (χ1) is 23.6. The minimum atomic E-state index is -0.961. The highest BCUT2D eigenvalue weighted by Gasteiger charge is 2.12. The lowest BCUT2D eigenvalue weighted by atomic mass is 10.0. The number of allylic oxidation sites excluding steroid dienone is 2. The van der Waals surface area contributed by atoms with Crippen molar-refractivity contribution in [2.24, 2.45) is 0 Å². The molecular weight excluding hydrogens is 596 g/mol. The topological polar surface area (TPSA) is 72.8 Å². The van der Waals surface area contributed by atoms with Crippen molar-refractivity contribution in [1.82, 2.24) is 0 Å². The van der Waals surface area contributed by atoms with Crippen molar-refractivity contribution >= 4 is 11.9 Å². The SMILES string of the molecule is CCCCCCCC/C=C\CCCCCCCC(=O)OC[C@H](O)COC(=O)CCCCCCCCCCCCCCCCCCCCC. The van der Waals surface area contributed by atoms with Gasteiger partial charge in [0.25, 0.3) is 0 Å². The van der Waals surface area contributed by atoms with Gasteiger partial charge in [0.05, 0.1) is 0 Å². The van der Waals surface area contributed by atoms with Crippen LogP contribution >= 0.6 is 0 Å². The van der Waals surface area contributed by atoms with Gasteiger partial charge in [-0.3, -0.25) is 9.59 Å². The molecule has 0 aliphatic rings. The fraction of sp³-hybridized carbons (Fsp3) is 0.907. The molecule has 0 unspecified atom stereocenters. The third-order valence-electron chi connectivity index (χ3n) is 9.50. The van der Waals surface area contributed by atoms with Gasteiger partial charge in [-0.15, -0.1) is 0 Å². The van der Waals surface area contributed by atoms with E-state index in [4.69, 9.17) is 9.47 Å². The highest BCUT2D eigenvalue weighted by atomic mass is 16.6. The van der Waals surface area contributed by atoms with Gasteiger partial charge in [-0.1, -0.05) is 193 Å². The van der Waals surface area contributed by atoms with E-state index in [0.29, 0.717) is 12.8 Å². The van der Waals surface area contributed by atoms with E-state index in [1.807, 2.05) is 0 Å². The first kappa shape index (κ1) is 46.6. The Morgan fingerprint density at radius 2 is 0.667 bits per heavy atom. The average molecular weight is 679 g/mol. The lowest BCUT2D eigenvalue weighted by Crippen LogP contribution is -2.25. The Morgan fingerprint density at radius 1 is 0.417 bits per heavy atom. The van der Waals surface area contributed by atoms with Crippen LogP contribution < -0.4 is 0 Å². The summed E-state index contributed by atoms with van der Waals surface area (Å²) < 4.78 is 10.3. The average Bonchev–Trinajstić information content (AvgIpc) is 3.09. The van der Waals surface area contributed by atoms with Crippen LogP contribution in [0.15, 0.2) is 12.2 Å². The third-order valence-corrected chi connectivity index (χ3v) is 9.50. The predicted octanol–water partition coefficient (Wildman–Crippen LogP) is 13.3. The van der Waals surface area contributed by atoms with Crippen molar-refractivity contribution in [1.29, 1.82) is 0 Å². The van der Waals surface area contributed by atoms with E-state index in [1.165, 1.54) is 167 Å². The molecule has 0 bridgehead atoms. The van der Waals surface area contributed by atoms with Crippen molar-refractivity contribution < 1.29 is 24.2 Å². The molecule has 0 saturated carbocycles. The van der Waals surface area contributed by atoms with Gasteiger partial charge in [0.15, 0.2) is 0 Å². The van der Waals surface area contributed by atoms with Crippen molar-refractivity contribution in [2.45, 2.75) is 238 Å². The first-order valence-electron chi connectivity index (χ1n) is 21.2. The molecule has 0 amide bonds. The van der Waals surface area contributed by atoms with E-state index in [9.17, 15) is 14.7 Å². The largest absolute Gasteiger partial charge is 0.463 e. The second kappa shape index (κ2) is 40.1. The second-order valence-electron chi connectivity index (χ2n) is 14.5. The number of rotatable bonds is 39. The second-order valence-corrected chi connectivity index (χ2v) is 14.5. The van der Waals surface area contributed by atoms with Crippen LogP contribution in [0.4, 0.5) is 0 Å². The van der Waals surface area contributed by atoms with Crippen LogP contribution in [0.1, 0.15) is 232 Å². The Kier molecular flexibility index (Phi) is 38.9. The molecular formula is C43H82O5. The lowest BCUT2D eigenvalue weighted by Gasteiger charge is -2.12. The molecule has 0 fully saturated rings. The fourth-order valence-electron chi connectivity index (χ4n) is 6.26. The standard InChI is InChI=1S/C43H82O5/c1-3-5-7-9-11-13-15-17-19-20-21-22-24-26-28-30-32-34-36-38-43(46)48-40-41(44)39-47-42(45)37-35-33-31-29-27-25-23-18-16-14-12-10-8-6-4-2/h18,23,41,44H,3-17,19-22,24-40H2,1-2H3/b23-18-/t41-/m0/s1. The molecule has 0 rings (SSSR count). The van der Waals surface area contributed by atoms with Crippen LogP contribution in [0.3, 0.4) is 0 Å². The van der Waals surface area contributed by atoms with Crippen molar-refractivity contribution in [3.8, 4) is 0 Å². The summed E-state index contributed by atoms with van der Waals surface area (Å²) in [6.07, 6.45) is 45.6. The summed E-state index contributed by atoms with van der Waals surface area (Å²) in [6.45, 7) is 4.32. The van der Waals surface area contributed by atoms with Crippen LogP contribution in [0, 0.1) is 0 Å². The number of hydrogen-bond acceptors (Lipinski definition) is 5. The van der Waals surface area contributed by atoms with Gasteiger partial charge < -0.3 is 14.6 Å². The fourth-order valence-corrected chi connectivity index (χ4v) is 6.26. The van der Waals surface area contributed by atoms with Gasteiger partial charge in [-0.25, -0.2) is 0 Å². The highest BCUT2D eigenvalue weighted by Crippen LogP contribution is 2.15. The summed E-state index contributed by atoms with van der Waals surface area (Å²) in [5.41, 5.74) is 0. The summed E-state index contributed by atoms with van der Waals surface area (Å²) in [6, 6.07) is 0. The van der Waals surface area contributed by atoms with E-state index in [1.54, 1.807) is 0 Å². The summed E-state index contributed by atoms with van der Waals surface area (Å²) in [4.78, 5) is 24.0. The van der Waals surface area contributed by atoms with E-state index >= 15 is 0 Å². The zero-order chi connectivity index (χ0) is 35.0.